The minimum absolute atomic E-state index is 0. The molecule has 8 heteroatoms. The topological polar surface area (TPSA) is 123 Å². The van der Waals surface area contributed by atoms with E-state index in [2.05, 4.69) is 76.7 Å². The van der Waals surface area contributed by atoms with Crippen molar-refractivity contribution in [3.63, 3.8) is 0 Å². The predicted octanol–water partition coefficient (Wildman–Crippen LogP) is 7.88. The number of phenolic OH excluding ortho intramolecular Hbond substituents is 2. The molecule has 7 nitrogen and oxygen atoms in total. The van der Waals surface area contributed by atoms with Gasteiger partial charge in [0.05, 0.1) is 0 Å². The van der Waals surface area contributed by atoms with E-state index in [4.69, 9.17) is 15.0 Å². The monoisotopic (exact) mass is 599 g/mol. The third-order valence-electron chi connectivity index (χ3n) is 6.31. The molecule has 0 atom stereocenters. The van der Waals surface area contributed by atoms with Crippen LogP contribution in [0.25, 0.3) is 0 Å². The van der Waals surface area contributed by atoms with Gasteiger partial charge in [0.1, 0.15) is 11.5 Å². The van der Waals surface area contributed by atoms with Gasteiger partial charge < -0.3 is 20.4 Å². The first-order chi connectivity index (χ1) is 18.1. The van der Waals surface area contributed by atoms with E-state index in [0.29, 0.717) is 24.6 Å². The Morgan fingerprint density at radius 1 is 0.800 bits per heavy atom. The predicted molar refractivity (Wildman–Crippen MR) is 162 cm³/mol. The smallest absolute Gasteiger partial charge is 0.503 e. The van der Waals surface area contributed by atoms with Crippen molar-refractivity contribution in [2.45, 2.75) is 98.3 Å². The maximum Gasteiger partial charge on any atom is 0.503 e. The number of carbonyl (C=O) groups is 1. The van der Waals surface area contributed by atoms with E-state index in [1.807, 2.05) is 13.0 Å². The Kier molecular flexibility index (Phi) is 15.9. The normalized spacial score (nSPS) is 11.8. The van der Waals surface area contributed by atoms with Crippen LogP contribution in [-0.4, -0.2) is 52.1 Å². The largest absolute Gasteiger partial charge is 0.507 e. The number of unbranched alkanes of at least 4 members (excludes halogenated alkanes) is 2. The molecule has 2 aromatic rings. The van der Waals surface area contributed by atoms with Gasteiger partial charge in [-0.1, -0.05) is 73.4 Å². The Labute approximate surface area is 250 Å². The second-order valence-corrected chi connectivity index (χ2v) is 12.0. The summed E-state index contributed by atoms with van der Waals surface area (Å²) in [5.41, 5.74) is 5.69. The second-order valence-electron chi connectivity index (χ2n) is 12.0. The van der Waals surface area contributed by atoms with Crippen LogP contribution in [0.15, 0.2) is 34.3 Å². The summed E-state index contributed by atoms with van der Waals surface area (Å²) in [4.78, 5) is 17.7. The van der Waals surface area contributed by atoms with Crippen LogP contribution in [0.1, 0.15) is 108 Å². The minimum Gasteiger partial charge on any atom is -0.507 e. The first kappa shape index (κ1) is 37.2. The quantitative estimate of drug-likeness (QED) is 0.163. The summed E-state index contributed by atoms with van der Waals surface area (Å²) in [6.07, 6.45) is 7.16. The molecule has 2 aromatic carbocycles. The van der Waals surface area contributed by atoms with E-state index in [1.54, 1.807) is 12.4 Å². The molecule has 0 aromatic heterocycles. The van der Waals surface area contributed by atoms with Gasteiger partial charge in [-0.3, -0.25) is 9.98 Å². The zero-order chi connectivity index (χ0) is 29.8. The third-order valence-corrected chi connectivity index (χ3v) is 6.31. The number of rotatable bonds is 10. The minimum atomic E-state index is -1.83. The summed E-state index contributed by atoms with van der Waals surface area (Å²) in [5.74, 6) is 0.631. The zero-order valence-corrected chi connectivity index (χ0v) is 26.4. The standard InChI is InChI=1S/C31H46N2O2.CH2O3.Co/c1-9-10-11-13-23-16-22(2)28(34)24(17-23)20-32-14-12-15-33-21-25-18-26(30(3,4)5)19-27(29(25)35)31(6,7)8;2-1(3)4;/h16-21,34-35H,9-15H2,1-8H3;(H2,2,3,4);. The zero-order valence-electron chi connectivity index (χ0n) is 25.3. The SMILES string of the molecule is CCCCCc1cc(C)c(O)c(C=NCCCN=Cc2cc(C(C)(C)C)cc(C(C)(C)C)c2O)c1.O=C(O)O.[Co]. The molecule has 40 heavy (non-hydrogen) atoms. The van der Waals surface area contributed by atoms with Crippen molar-refractivity contribution in [3.8, 4) is 11.5 Å². The van der Waals surface area contributed by atoms with Crippen LogP contribution < -0.4 is 0 Å². The fraction of sp³-hybridized carbons (Fsp3) is 0.531. The number of nitrogens with zero attached hydrogens (tertiary/aromatic N) is 2. The van der Waals surface area contributed by atoms with Crippen molar-refractivity contribution in [3.05, 3.63) is 57.6 Å². The molecule has 4 N–H and O–H groups in total. The number of benzene rings is 2. The van der Waals surface area contributed by atoms with Crippen LogP contribution in [0.4, 0.5) is 4.79 Å². The molecule has 2 rings (SSSR count). The van der Waals surface area contributed by atoms with E-state index in [9.17, 15) is 10.2 Å². The summed E-state index contributed by atoms with van der Waals surface area (Å²) in [6.45, 7) is 18.3. The van der Waals surface area contributed by atoms with Crippen LogP contribution in [0.5, 0.6) is 11.5 Å². The summed E-state index contributed by atoms with van der Waals surface area (Å²) in [6, 6.07) is 8.30. The molecule has 0 aliphatic rings. The number of aryl methyl sites for hydroxylation is 2. The van der Waals surface area contributed by atoms with Gasteiger partial charge in [-0.2, -0.15) is 0 Å². The van der Waals surface area contributed by atoms with E-state index >= 15 is 0 Å². The summed E-state index contributed by atoms with van der Waals surface area (Å²) < 4.78 is 0. The molecule has 0 unspecified atom stereocenters. The Balaban J connectivity index is 0.00000284. The molecule has 0 spiro atoms. The molecule has 0 saturated heterocycles. The molecule has 0 saturated carbocycles. The Bertz CT molecular complexity index is 1140. The molecule has 0 aliphatic heterocycles. The van der Waals surface area contributed by atoms with Crippen molar-refractivity contribution in [2.24, 2.45) is 9.98 Å². The fourth-order valence-electron chi connectivity index (χ4n) is 4.04. The van der Waals surface area contributed by atoms with E-state index in [-0.39, 0.29) is 27.6 Å². The number of aromatic hydroxyl groups is 2. The number of hydrogen-bond donors (Lipinski definition) is 4. The molecule has 0 bridgehead atoms. The van der Waals surface area contributed by atoms with Crippen molar-refractivity contribution >= 4 is 18.6 Å². The van der Waals surface area contributed by atoms with Gasteiger partial charge in [0.25, 0.3) is 0 Å². The van der Waals surface area contributed by atoms with Crippen molar-refractivity contribution in [1.29, 1.82) is 0 Å². The molecular weight excluding hydrogens is 551 g/mol. The molecule has 0 fully saturated rings. The number of carboxylic acid groups (broad SMARTS) is 2. The molecule has 0 aliphatic carbocycles. The van der Waals surface area contributed by atoms with Gasteiger partial charge in [0.15, 0.2) is 0 Å². The first-order valence-corrected chi connectivity index (χ1v) is 13.7. The summed E-state index contributed by atoms with van der Waals surface area (Å²) >= 11 is 0. The van der Waals surface area contributed by atoms with Crippen LogP contribution in [-0.2, 0) is 34.0 Å². The van der Waals surface area contributed by atoms with Gasteiger partial charge in [-0.25, -0.2) is 4.79 Å². The Morgan fingerprint density at radius 3 is 1.80 bits per heavy atom. The van der Waals surface area contributed by atoms with Crippen molar-refractivity contribution in [1.82, 2.24) is 0 Å². The average Bonchev–Trinajstić information content (AvgIpc) is 2.80. The molecule has 225 valence electrons. The third kappa shape index (κ3) is 13.0. The van der Waals surface area contributed by atoms with Gasteiger partial charge >= 0.3 is 6.16 Å². The fourth-order valence-corrected chi connectivity index (χ4v) is 4.04. The van der Waals surface area contributed by atoms with Crippen LogP contribution >= 0.6 is 0 Å². The number of hydrogen-bond acceptors (Lipinski definition) is 5. The van der Waals surface area contributed by atoms with Crippen molar-refractivity contribution in [2.75, 3.05) is 13.1 Å². The Hall–Kier alpha value is -2.84. The number of aliphatic imine (C=N–C) groups is 2. The van der Waals surface area contributed by atoms with Crippen LogP contribution in [0, 0.1) is 6.92 Å². The van der Waals surface area contributed by atoms with Gasteiger partial charge in [-0.05, 0) is 65.8 Å². The first-order valence-electron chi connectivity index (χ1n) is 13.7. The molecule has 0 amide bonds. The molecular formula is C32H48CoN2O5. The number of phenols is 2. The van der Waals surface area contributed by atoms with Crippen LogP contribution in [0.3, 0.4) is 0 Å². The summed E-state index contributed by atoms with van der Waals surface area (Å²) in [5, 5.41) is 35.2. The summed E-state index contributed by atoms with van der Waals surface area (Å²) in [7, 11) is 0. The Morgan fingerprint density at radius 2 is 1.32 bits per heavy atom. The van der Waals surface area contributed by atoms with Crippen LogP contribution in [0.2, 0.25) is 0 Å². The van der Waals surface area contributed by atoms with E-state index < -0.39 is 6.16 Å². The molecule has 1 radical (unpaired) electrons. The van der Waals surface area contributed by atoms with E-state index in [1.165, 1.54) is 30.4 Å². The van der Waals surface area contributed by atoms with Crippen molar-refractivity contribution < 1.29 is 42.0 Å². The maximum atomic E-state index is 10.9. The van der Waals surface area contributed by atoms with Gasteiger partial charge in [0, 0.05) is 59.0 Å². The molecule has 0 heterocycles. The van der Waals surface area contributed by atoms with E-state index in [0.717, 1.165) is 35.1 Å². The van der Waals surface area contributed by atoms with Gasteiger partial charge in [0.2, 0.25) is 0 Å². The maximum absolute atomic E-state index is 10.9. The second kappa shape index (κ2) is 17.1. The average molecular weight is 600 g/mol. The van der Waals surface area contributed by atoms with Gasteiger partial charge in [-0.15, -0.1) is 0 Å².